The molecule has 0 N–H and O–H groups in total. The van der Waals surface area contributed by atoms with Gasteiger partial charge in [0.05, 0.1) is 17.5 Å². The minimum atomic E-state index is -3.08. The van der Waals surface area contributed by atoms with Crippen LogP contribution in [0.4, 0.5) is 0 Å². The molecule has 2 saturated heterocycles. The fourth-order valence-corrected chi connectivity index (χ4v) is 5.95. The van der Waals surface area contributed by atoms with Crippen molar-refractivity contribution in [1.29, 1.82) is 0 Å². The molecule has 1 aromatic heterocycles. The molecule has 6 nitrogen and oxygen atoms in total. The van der Waals surface area contributed by atoms with Crippen LogP contribution in [0, 0.1) is 5.92 Å². The number of fused-ring (bicyclic) bond motifs is 1. The number of sulfone groups is 1. The van der Waals surface area contributed by atoms with Gasteiger partial charge < -0.3 is 4.90 Å². The molecule has 1 aromatic rings. The zero-order valence-electron chi connectivity index (χ0n) is 13.7. The smallest absolute Gasteiger partial charge is 0.223 e. The number of carbonyl (C=O) groups is 1. The molecule has 1 saturated carbocycles. The van der Waals surface area contributed by atoms with Gasteiger partial charge in [-0.2, -0.15) is 0 Å². The first kappa shape index (κ1) is 16.0. The highest BCUT2D eigenvalue weighted by atomic mass is 32.2. The molecule has 1 amide bonds. The van der Waals surface area contributed by atoms with Crippen LogP contribution in [-0.4, -0.2) is 65.8 Å². The zero-order chi connectivity index (χ0) is 16.7. The first-order chi connectivity index (χ1) is 11.5. The third-order valence-electron chi connectivity index (χ3n) is 5.41. The van der Waals surface area contributed by atoms with Crippen LogP contribution >= 0.6 is 0 Å². The minimum Gasteiger partial charge on any atom is -0.336 e. The first-order valence-corrected chi connectivity index (χ1v) is 10.5. The van der Waals surface area contributed by atoms with Gasteiger partial charge in [-0.25, -0.2) is 8.42 Å². The zero-order valence-corrected chi connectivity index (χ0v) is 14.5. The van der Waals surface area contributed by atoms with Crippen LogP contribution in [0.2, 0.25) is 0 Å². The number of pyridine rings is 1. The van der Waals surface area contributed by atoms with Crippen LogP contribution in [0.1, 0.15) is 24.8 Å². The van der Waals surface area contributed by atoms with E-state index in [1.165, 1.54) is 0 Å². The van der Waals surface area contributed by atoms with Crippen molar-refractivity contribution in [3.05, 3.63) is 30.1 Å². The number of amides is 1. The van der Waals surface area contributed by atoms with Crippen molar-refractivity contribution in [2.75, 3.05) is 24.6 Å². The quantitative estimate of drug-likeness (QED) is 0.800. The van der Waals surface area contributed by atoms with E-state index in [1.54, 1.807) is 12.4 Å². The molecule has 7 heteroatoms. The van der Waals surface area contributed by atoms with Gasteiger partial charge >= 0.3 is 0 Å². The molecule has 0 unspecified atom stereocenters. The Kier molecular flexibility index (Phi) is 4.08. The minimum absolute atomic E-state index is 0.0833. The van der Waals surface area contributed by atoms with Gasteiger partial charge in [-0.05, 0) is 36.5 Å². The van der Waals surface area contributed by atoms with E-state index in [9.17, 15) is 13.2 Å². The summed E-state index contributed by atoms with van der Waals surface area (Å²) in [6.07, 6.45) is 6.38. The van der Waals surface area contributed by atoms with Crippen molar-refractivity contribution in [3.63, 3.8) is 0 Å². The van der Waals surface area contributed by atoms with Gasteiger partial charge in [0.1, 0.15) is 0 Å². The molecule has 24 heavy (non-hydrogen) atoms. The number of rotatable bonds is 4. The number of hydrogen-bond donors (Lipinski definition) is 0. The summed E-state index contributed by atoms with van der Waals surface area (Å²) >= 11 is 0. The topological polar surface area (TPSA) is 70.6 Å². The average molecular weight is 349 g/mol. The third-order valence-corrected chi connectivity index (χ3v) is 7.11. The first-order valence-electron chi connectivity index (χ1n) is 8.65. The summed E-state index contributed by atoms with van der Waals surface area (Å²) in [6.45, 7) is 2.08. The highest BCUT2D eigenvalue weighted by Gasteiger charge is 2.48. The van der Waals surface area contributed by atoms with E-state index in [0.717, 1.165) is 24.9 Å². The monoisotopic (exact) mass is 349 g/mol. The van der Waals surface area contributed by atoms with E-state index in [2.05, 4.69) is 9.88 Å². The van der Waals surface area contributed by atoms with Gasteiger partial charge in [-0.1, -0.05) is 0 Å². The molecule has 130 valence electrons. The lowest BCUT2D eigenvalue weighted by molar-refractivity contribution is -0.137. The molecule has 1 aliphatic carbocycles. The Bertz CT molecular complexity index is 718. The van der Waals surface area contributed by atoms with E-state index in [-0.39, 0.29) is 29.5 Å². The summed E-state index contributed by atoms with van der Waals surface area (Å²) in [4.78, 5) is 20.7. The van der Waals surface area contributed by atoms with Crippen molar-refractivity contribution in [2.24, 2.45) is 5.92 Å². The Balaban J connectivity index is 1.52. The van der Waals surface area contributed by atoms with Gasteiger partial charge in [0.15, 0.2) is 9.84 Å². The Morgan fingerprint density at radius 1 is 1.12 bits per heavy atom. The molecule has 0 spiro atoms. The summed E-state index contributed by atoms with van der Waals surface area (Å²) in [7, 11) is -3.08. The maximum Gasteiger partial charge on any atom is 0.223 e. The van der Waals surface area contributed by atoms with Crippen LogP contribution in [0.25, 0.3) is 0 Å². The lowest BCUT2D eigenvalue weighted by Gasteiger charge is -2.44. The molecule has 0 bridgehead atoms. The fourth-order valence-electron chi connectivity index (χ4n) is 3.94. The summed E-state index contributed by atoms with van der Waals surface area (Å²) in [5, 5.41) is 0. The summed E-state index contributed by atoms with van der Waals surface area (Å²) in [6, 6.07) is 3.66. The Labute approximate surface area is 142 Å². The van der Waals surface area contributed by atoms with E-state index >= 15 is 0 Å². The van der Waals surface area contributed by atoms with E-state index in [0.29, 0.717) is 25.4 Å². The molecule has 3 heterocycles. The average Bonchev–Trinajstić information content (AvgIpc) is 3.28. The lowest BCUT2D eigenvalue weighted by Crippen LogP contribution is -2.60. The highest BCUT2D eigenvalue weighted by molar-refractivity contribution is 7.91. The Morgan fingerprint density at radius 3 is 2.54 bits per heavy atom. The lowest BCUT2D eigenvalue weighted by atomic mass is 10.0. The normalized spacial score (nSPS) is 29.4. The molecule has 2 aliphatic heterocycles. The number of carbonyl (C=O) groups excluding carboxylic acids is 1. The number of nitrogens with zero attached hydrogens (tertiary/aromatic N) is 3. The summed E-state index contributed by atoms with van der Waals surface area (Å²) in [5.74, 6) is 0.952. The third kappa shape index (κ3) is 3.32. The van der Waals surface area contributed by atoms with Gasteiger partial charge in [0.25, 0.3) is 0 Å². The van der Waals surface area contributed by atoms with Crippen molar-refractivity contribution < 1.29 is 13.2 Å². The Hall–Kier alpha value is -1.47. The maximum atomic E-state index is 12.6. The van der Waals surface area contributed by atoms with Crippen LogP contribution in [0.3, 0.4) is 0 Å². The highest BCUT2D eigenvalue weighted by Crippen LogP contribution is 2.35. The van der Waals surface area contributed by atoms with Crippen LogP contribution in [-0.2, 0) is 21.2 Å². The van der Waals surface area contributed by atoms with Crippen LogP contribution < -0.4 is 0 Å². The van der Waals surface area contributed by atoms with Crippen LogP contribution in [0.5, 0.6) is 0 Å². The summed E-state index contributed by atoms with van der Waals surface area (Å²) in [5.41, 5.74) is 1.13. The van der Waals surface area contributed by atoms with E-state index in [4.69, 9.17) is 0 Å². The molecule has 4 rings (SSSR count). The molecule has 3 fully saturated rings. The second-order valence-corrected chi connectivity index (χ2v) is 9.43. The molecule has 0 radical (unpaired) electrons. The van der Waals surface area contributed by atoms with Gasteiger partial charge in [-0.3, -0.25) is 14.7 Å². The number of hydrogen-bond acceptors (Lipinski definition) is 5. The summed E-state index contributed by atoms with van der Waals surface area (Å²) < 4.78 is 24.4. The second-order valence-electron chi connectivity index (χ2n) is 7.27. The van der Waals surface area contributed by atoms with Crippen molar-refractivity contribution in [1.82, 2.24) is 14.8 Å². The van der Waals surface area contributed by atoms with Gasteiger partial charge in [0, 0.05) is 44.5 Å². The molecule has 2 atom stereocenters. The molecule has 3 aliphatic rings. The van der Waals surface area contributed by atoms with Crippen LogP contribution in [0.15, 0.2) is 24.5 Å². The van der Waals surface area contributed by atoms with Gasteiger partial charge in [0.2, 0.25) is 5.91 Å². The molecular weight excluding hydrogens is 326 g/mol. The number of aromatic nitrogens is 1. The van der Waals surface area contributed by atoms with Crippen molar-refractivity contribution in [3.8, 4) is 0 Å². The molecule has 0 aromatic carbocycles. The largest absolute Gasteiger partial charge is 0.336 e. The predicted octanol–water partition coefficient (Wildman–Crippen LogP) is 0.692. The standard InChI is InChI=1S/C17H23N3O3S/c21-17(9-13-1-2-13)20-8-7-19(10-14-3-5-18-6-4-14)15-11-24(22,23)12-16(15)20/h3-6,13,15-16H,1-2,7-12H2/t15-,16+/m1/s1. The SMILES string of the molecule is O=C(CC1CC1)N1CCN(Cc2ccncc2)[C@@H]2CS(=O)(=O)C[C@@H]21. The Morgan fingerprint density at radius 2 is 1.83 bits per heavy atom. The fraction of sp³-hybridized carbons (Fsp3) is 0.647. The molecular formula is C17H23N3O3S. The van der Waals surface area contributed by atoms with Gasteiger partial charge in [-0.15, -0.1) is 0 Å². The maximum absolute atomic E-state index is 12.6. The van der Waals surface area contributed by atoms with Crippen molar-refractivity contribution in [2.45, 2.75) is 37.9 Å². The van der Waals surface area contributed by atoms with E-state index < -0.39 is 9.84 Å². The number of piperazine rings is 1. The second kappa shape index (κ2) is 6.11. The predicted molar refractivity (Wildman–Crippen MR) is 89.9 cm³/mol. The van der Waals surface area contributed by atoms with Crippen molar-refractivity contribution >= 4 is 15.7 Å². The van der Waals surface area contributed by atoms with E-state index in [1.807, 2.05) is 17.0 Å².